The Morgan fingerprint density at radius 1 is 0.808 bits per heavy atom. The number of hydrogen-bond donors (Lipinski definition) is 1. The molecule has 152 valence electrons. The van der Waals surface area contributed by atoms with Crippen LogP contribution in [0.15, 0.2) is 0 Å². The first-order valence-electron chi connectivity index (χ1n) is 10.1. The number of hydrogen-bond acceptors (Lipinski definition) is 4. The summed E-state index contributed by atoms with van der Waals surface area (Å²) in [5.74, 6) is -0.917. The second-order valence-corrected chi connectivity index (χ2v) is 8.42. The van der Waals surface area contributed by atoms with Crippen molar-refractivity contribution in [2.24, 2.45) is 0 Å². The average molecular weight is 403 g/mol. The summed E-state index contributed by atoms with van der Waals surface area (Å²) in [5.41, 5.74) is 0. The van der Waals surface area contributed by atoms with Crippen LogP contribution in [-0.2, 0) is 19.6 Å². The van der Waals surface area contributed by atoms with Crippen LogP contribution in [0.4, 0.5) is 0 Å². The fraction of sp³-hybridized carbons (Fsp3) is 0.947. The van der Waals surface area contributed by atoms with E-state index in [-0.39, 0.29) is 43.6 Å². The van der Waals surface area contributed by atoms with Crippen molar-refractivity contribution in [2.75, 3.05) is 12.4 Å². The molecular weight excluding hydrogens is 363 g/mol. The molecule has 0 amide bonds. The standard InChI is InChI=1S/C19H38O5S.Na.H/c1-2-3-4-5-6-7-8-9-10-11-12-13-14-15-16-19(20)24-17-18-25(21,22)23;;/h2-18H2,1H3,(H,21,22,23);;/q;+1;-1. The van der Waals surface area contributed by atoms with Gasteiger partial charge in [-0.3, -0.25) is 9.35 Å². The monoisotopic (exact) mass is 402 g/mol. The van der Waals surface area contributed by atoms with Gasteiger partial charge in [0.25, 0.3) is 10.1 Å². The number of rotatable bonds is 18. The Bertz CT molecular complexity index is 418. The Kier molecular flexibility index (Phi) is 22.1. The van der Waals surface area contributed by atoms with E-state index >= 15 is 0 Å². The summed E-state index contributed by atoms with van der Waals surface area (Å²) in [6.45, 7) is 1.98. The van der Waals surface area contributed by atoms with Crippen LogP contribution in [0, 0.1) is 0 Å². The van der Waals surface area contributed by atoms with E-state index in [9.17, 15) is 13.2 Å². The minimum atomic E-state index is -4.05. The predicted molar refractivity (Wildman–Crippen MR) is 103 cm³/mol. The Labute approximate surface area is 184 Å². The molecular formula is C19H39NaO5S. The van der Waals surface area contributed by atoms with Crippen LogP contribution >= 0.6 is 0 Å². The predicted octanol–water partition coefficient (Wildman–Crippen LogP) is 2.41. The maximum atomic E-state index is 11.3. The minimum Gasteiger partial charge on any atom is -1.00 e. The van der Waals surface area contributed by atoms with Crippen LogP contribution in [0.1, 0.15) is 105 Å². The van der Waals surface area contributed by atoms with Crippen molar-refractivity contribution in [2.45, 2.75) is 103 Å². The van der Waals surface area contributed by atoms with Gasteiger partial charge in [0.05, 0.1) is 0 Å². The van der Waals surface area contributed by atoms with Gasteiger partial charge < -0.3 is 6.16 Å². The molecule has 0 spiro atoms. The number of carbonyl (C=O) groups is 1. The van der Waals surface area contributed by atoms with Crippen LogP contribution in [0.5, 0.6) is 0 Å². The first-order valence-corrected chi connectivity index (χ1v) is 11.7. The van der Waals surface area contributed by atoms with E-state index in [2.05, 4.69) is 6.92 Å². The largest absolute Gasteiger partial charge is 1.00 e. The molecule has 1 N–H and O–H groups in total. The molecule has 0 aliphatic heterocycles. The summed E-state index contributed by atoms with van der Waals surface area (Å²) in [6, 6.07) is 0. The minimum absolute atomic E-state index is 0. The summed E-state index contributed by atoms with van der Waals surface area (Å²) in [5, 5.41) is 0. The van der Waals surface area contributed by atoms with Crippen molar-refractivity contribution in [1.29, 1.82) is 0 Å². The second-order valence-electron chi connectivity index (χ2n) is 6.85. The molecule has 5 nitrogen and oxygen atoms in total. The Hall–Kier alpha value is 0.380. The van der Waals surface area contributed by atoms with Crippen molar-refractivity contribution in [1.82, 2.24) is 0 Å². The number of ether oxygens (including phenoxy) is 1. The number of esters is 1. The molecule has 0 radical (unpaired) electrons. The normalized spacial score (nSPS) is 11.2. The molecule has 0 saturated heterocycles. The molecule has 0 saturated carbocycles. The van der Waals surface area contributed by atoms with Crippen molar-refractivity contribution in [3.63, 3.8) is 0 Å². The van der Waals surface area contributed by atoms with Crippen molar-refractivity contribution < 1.29 is 53.5 Å². The van der Waals surface area contributed by atoms with Gasteiger partial charge in [0.1, 0.15) is 12.4 Å². The fourth-order valence-corrected chi connectivity index (χ4v) is 3.09. The SMILES string of the molecule is CCCCCCCCCCCCCCCCC(=O)OCCS(=O)(=O)O.[H-].[Na+]. The topological polar surface area (TPSA) is 80.7 Å². The molecule has 0 atom stereocenters. The van der Waals surface area contributed by atoms with E-state index in [0.717, 1.165) is 19.3 Å². The smallest absolute Gasteiger partial charge is 1.00 e. The van der Waals surface area contributed by atoms with Gasteiger partial charge >= 0.3 is 35.5 Å². The van der Waals surface area contributed by atoms with Gasteiger partial charge in [0, 0.05) is 6.42 Å². The van der Waals surface area contributed by atoms with Crippen LogP contribution in [0.25, 0.3) is 0 Å². The van der Waals surface area contributed by atoms with Gasteiger partial charge in [-0.1, -0.05) is 90.4 Å². The maximum absolute atomic E-state index is 11.3. The fourth-order valence-electron chi connectivity index (χ4n) is 2.80. The van der Waals surface area contributed by atoms with E-state index in [1.165, 1.54) is 70.6 Å². The molecule has 0 bridgehead atoms. The van der Waals surface area contributed by atoms with Crippen LogP contribution < -0.4 is 29.6 Å². The molecule has 0 heterocycles. The maximum Gasteiger partial charge on any atom is 1.00 e. The van der Waals surface area contributed by atoms with Crippen molar-refractivity contribution in [3.8, 4) is 0 Å². The zero-order valence-electron chi connectivity index (χ0n) is 18.0. The Balaban J connectivity index is -0.00000288. The molecule has 0 fully saturated rings. The number of carbonyl (C=O) groups excluding carboxylic acids is 1. The Morgan fingerprint density at radius 2 is 1.19 bits per heavy atom. The summed E-state index contributed by atoms with van der Waals surface area (Å²) < 4.78 is 34.2. The van der Waals surface area contributed by atoms with Crippen molar-refractivity contribution in [3.05, 3.63) is 0 Å². The van der Waals surface area contributed by atoms with Gasteiger partial charge in [0.15, 0.2) is 0 Å². The molecule has 26 heavy (non-hydrogen) atoms. The third-order valence-corrected chi connectivity index (χ3v) is 5.02. The quantitative estimate of drug-likeness (QED) is 0.165. The summed E-state index contributed by atoms with van der Waals surface area (Å²) in [4.78, 5) is 11.3. The first kappa shape index (κ1) is 28.6. The Morgan fingerprint density at radius 3 is 1.58 bits per heavy atom. The average Bonchev–Trinajstić information content (AvgIpc) is 2.54. The van der Waals surface area contributed by atoms with Gasteiger partial charge in [0.2, 0.25) is 0 Å². The zero-order valence-corrected chi connectivity index (χ0v) is 19.8. The number of unbranched alkanes of at least 4 members (excludes halogenated alkanes) is 13. The van der Waals surface area contributed by atoms with Crippen molar-refractivity contribution >= 4 is 16.1 Å². The molecule has 0 aliphatic carbocycles. The van der Waals surface area contributed by atoms with Gasteiger partial charge in [-0.25, -0.2) is 0 Å². The molecule has 0 unspecified atom stereocenters. The summed E-state index contributed by atoms with van der Waals surface area (Å²) >= 11 is 0. The molecule has 7 heteroatoms. The van der Waals surface area contributed by atoms with E-state index in [1.807, 2.05) is 0 Å². The molecule has 0 aliphatic rings. The van der Waals surface area contributed by atoms with Crippen LogP contribution in [0.3, 0.4) is 0 Å². The zero-order chi connectivity index (χ0) is 18.8. The van der Waals surface area contributed by atoms with E-state index < -0.39 is 15.9 Å². The third-order valence-electron chi connectivity index (χ3n) is 4.34. The first-order chi connectivity index (χ1) is 12.0. The summed E-state index contributed by atoms with van der Waals surface area (Å²) in [6.07, 6.45) is 18.0. The van der Waals surface area contributed by atoms with Crippen LogP contribution in [-0.4, -0.2) is 31.3 Å². The van der Waals surface area contributed by atoms with E-state index in [4.69, 9.17) is 9.29 Å². The van der Waals surface area contributed by atoms with E-state index in [1.54, 1.807) is 0 Å². The summed E-state index contributed by atoms with van der Waals surface area (Å²) in [7, 11) is -4.05. The second kappa shape index (κ2) is 20.1. The third kappa shape index (κ3) is 24.4. The molecule has 0 aromatic rings. The van der Waals surface area contributed by atoms with Crippen LogP contribution in [0.2, 0.25) is 0 Å². The molecule has 0 aromatic heterocycles. The van der Waals surface area contributed by atoms with Gasteiger partial charge in [-0.2, -0.15) is 8.42 Å². The molecule has 0 aromatic carbocycles. The van der Waals surface area contributed by atoms with Gasteiger partial charge in [-0.15, -0.1) is 0 Å². The van der Waals surface area contributed by atoms with E-state index in [0.29, 0.717) is 6.42 Å². The van der Waals surface area contributed by atoms with Gasteiger partial charge in [-0.05, 0) is 6.42 Å². The molecule has 0 rings (SSSR count).